The lowest BCUT2D eigenvalue weighted by Gasteiger charge is -2.16. The van der Waals surface area contributed by atoms with Crippen molar-refractivity contribution in [3.8, 4) is 21.9 Å². The molecule has 0 spiro atoms. The second kappa shape index (κ2) is 9.47. The number of methoxy groups -OCH3 is 2. The quantitative estimate of drug-likeness (QED) is 0.343. The Balaban J connectivity index is 1.62. The molecule has 4 aromatic rings. The predicted molar refractivity (Wildman–Crippen MR) is 138 cm³/mol. The van der Waals surface area contributed by atoms with E-state index in [0.29, 0.717) is 28.8 Å². The zero-order valence-corrected chi connectivity index (χ0v) is 21.2. The summed E-state index contributed by atoms with van der Waals surface area (Å²) in [6, 6.07) is 15.2. The maximum absolute atomic E-state index is 11.6. The number of anilines is 2. The number of fused-ring (bicyclic) bond motifs is 1. The molecule has 0 amide bonds. The summed E-state index contributed by atoms with van der Waals surface area (Å²) in [5.41, 5.74) is 2.24. The number of aryl methyl sites for hydroxylation is 1. The minimum Gasteiger partial charge on any atom is -0.493 e. The summed E-state index contributed by atoms with van der Waals surface area (Å²) in [7, 11) is -0.139. The van der Waals surface area contributed by atoms with Crippen LogP contribution in [0.2, 0.25) is 0 Å². The van der Waals surface area contributed by atoms with Crippen molar-refractivity contribution in [2.24, 2.45) is 0 Å². The van der Waals surface area contributed by atoms with E-state index in [1.807, 2.05) is 43.3 Å². The number of rotatable bonds is 8. The van der Waals surface area contributed by atoms with Gasteiger partial charge < -0.3 is 14.8 Å². The number of sulfonamides is 1. The molecule has 34 heavy (non-hydrogen) atoms. The van der Waals surface area contributed by atoms with Crippen molar-refractivity contribution in [1.82, 2.24) is 9.97 Å². The van der Waals surface area contributed by atoms with E-state index in [4.69, 9.17) is 9.47 Å². The van der Waals surface area contributed by atoms with E-state index in [-0.39, 0.29) is 6.04 Å². The molecule has 2 aromatic heterocycles. The van der Waals surface area contributed by atoms with Crippen LogP contribution in [0, 0.1) is 6.92 Å². The molecule has 0 radical (unpaired) electrons. The number of benzene rings is 2. The summed E-state index contributed by atoms with van der Waals surface area (Å²) in [5.74, 6) is 2.59. The van der Waals surface area contributed by atoms with Crippen LogP contribution in [0.25, 0.3) is 21.3 Å². The standard InChI is InChI=1S/C24H26N4O4S2/c1-14(22-9-10-23(33-22)16-7-6-8-17(11-16)28-34(5,29)30)25-24-18-12-20(31-3)21(32-4)13-19(18)26-15(2)27-24/h6-14,28H,1-5H3,(H,25,26,27)/t14-/m0/s1. The zero-order valence-electron chi connectivity index (χ0n) is 19.5. The minimum atomic E-state index is -3.34. The second-order valence-electron chi connectivity index (χ2n) is 7.87. The molecule has 0 unspecified atom stereocenters. The SMILES string of the molecule is COc1cc2nc(C)nc(N[C@@H](C)c3ccc(-c4cccc(NS(C)(=O)=O)c4)s3)c2cc1OC. The second-order valence-corrected chi connectivity index (χ2v) is 10.7. The Bertz CT molecular complexity index is 1450. The highest BCUT2D eigenvalue weighted by molar-refractivity contribution is 7.92. The number of aromatic nitrogens is 2. The zero-order chi connectivity index (χ0) is 24.5. The van der Waals surface area contributed by atoms with Gasteiger partial charge in [-0.05, 0) is 49.7 Å². The van der Waals surface area contributed by atoms with E-state index in [1.165, 1.54) is 0 Å². The molecular weight excluding hydrogens is 472 g/mol. The van der Waals surface area contributed by atoms with Crippen molar-refractivity contribution in [2.75, 3.05) is 30.5 Å². The van der Waals surface area contributed by atoms with Crippen LogP contribution < -0.4 is 19.5 Å². The Morgan fingerprint density at radius 1 is 1.00 bits per heavy atom. The summed E-state index contributed by atoms with van der Waals surface area (Å²) in [4.78, 5) is 11.3. The highest BCUT2D eigenvalue weighted by atomic mass is 32.2. The minimum absolute atomic E-state index is 0.0262. The van der Waals surface area contributed by atoms with Gasteiger partial charge in [0.25, 0.3) is 0 Å². The predicted octanol–water partition coefficient (Wildman–Crippen LogP) is 5.23. The molecule has 0 aliphatic heterocycles. The van der Waals surface area contributed by atoms with Crippen molar-refractivity contribution in [3.63, 3.8) is 0 Å². The van der Waals surface area contributed by atoms with Crippen LogP contribution in [0.5, 0.6) is 11.5 Å². The molecule has 0 aliphatic carbocycles. The molecule has 0 saturated heterocycles. The van der Waals surface area contributed by atoms with Gasteiger partial charge in [0.1, 0.15) is 11.6 Å². The van der Waals surface area contributed by atoms with E-state index >= 15 is 0 Å². The first kappa shape index (κ1) is 23.8. The van der Waals surface area contributed by atoms with E-state index in [9.17, 15) is 8.42 Å². The Morgan fingerprint density at radius 3 is 2.44 bits per heavy atom. The average molecular weight is 499 g/mol. The van der Waals surface area contributed by atoms with Crippen molar-refractivity contribution in [1.29, 1.82) is 0 Å². The first-order chi connectivity index (χ1) is 16.2. The highest BCUT2D eigenvalue weighted by Gasteiger charge is 2.16. The summed E-state index contributed by atoms with van der Waals surface area (Å²) in [5, 5.41) is 4.35. The van der Waals surface area contributed by atoms with Crippen LogP contribution in [0.4, 0.5) is 11.5 Å². The molecule has 0 fully saturated rings. The normalized spacial score (nSPS) is 12.4. The van der Waals surface area contributed by atoms with Gasteiger partial charge in [0.2, 0.25) is 10.0 Å². The van der Waals surface area contributed by atoms with Crippen LogP contribution in [-0.2, 0) is 10.0 Å². The van der Waals surface area contributed by atoms with Gasteiger partial charge in [0.05, 0.1) is 32.0 Å². The van der Waals surface area contributed by atoms with Gasteiger partial charge >= 0.3 is 0 Å². The first-order valence-electron chi connectivity index (χ1n) is 10.5. The number of nitrogens with one attached hydrogen (secondary N) is 2. The van der Waals surface area contributed by atoms with Gasteiger partial charge in [-0.25, -0.2) is 18.4 Å². The monoisotopic (exact) mass is 498 g/mol. The Labute approximate surface area is 203 Å². The average Bonchev–Trinajstić information content (AvgIpc) is 3.28. The largest absolute Gasteiger partial charge is 0.493 e. The molecular formula is C24H26N4O4S2. The van der Waals surface area contributed by atoms with Crippen molar-refractivity contribution >= 4 is 43.8 Å². The third-order valence-corrected chi connectivity index (χ3v) is 7.09. The molecule has 1 atom stereocenters. The van der Waals surface area contributed by atoms with Crippen LogP contribution in [-0.4, -0.2) is 38.9 Å². The Morgan fingerprint density at radius 2 is 1.74 bits per heavy atom. The molecule has 8 nitrogen and oxygen atoms in total. The lowest BCUT2D eigenvalue weighted by molar-refractivity contribution is 0.356. The van der Waals surface area contributed by atoms with Gasteiger partial charge in [-0.15, -0.1) is 11.3 Å². The van der Waals surface area contributed by atoms with Gasteiger partial charge in [-0.1, -0.05) is 12.1 Å². The topological polar surface area (TPSA) is 102 Å². The van der Waals surface area contributed by atoms with E-state index in [2.05, 4.69) is 33.0 Å². The number of hydrogen-bond acceptors (Lipinski definition) is 8. The lowest BCUT2D eigenvalue weighted by atomic mass is 10.1. The summed E-state index contributed by atoms with van der Waals surface area (Å²) >= 11 is 1.64. The smallest absolute Gasteiger partial charge is 0.229 e. The van der Waals surface area contributed by atoms with Gasteiger partial charge in [-0.2, -0.15) is 0 Å². The number of ether oxygens (including phenoxy) is 2. The summed E-state index contributed by atoms with van der Waals surface area (Å²) in [6.45, 7) is 3.92. The number of hydrogen-bond donors (Lipinski definition) is 2. The molecule has 0 bridgehead atoms. The van der Waals surface area contributed by atoms with Crippen molar-refractivity contribution in [2.45, 2.75) is 19.9 Å². The van der Waals surface area contributed by atoms with E-state index in [1.54, 1.807) is 31.6 Å². The molecule has 10 heteroatoms. The van der Waals surface area contributed by atoms with Crippen LogP contribution >= 0.6 is 11.3 Å². The third-order valence-electron chi connectivity index (χ3n) is 5.17. The number of thiophene rings is 1. The Hall–Kier alpha value is -3.37. The van der Waals surface area contributed by atoms with E-state index < -0.39 is 10.0 Å². The fourth-order valence-electron chi connectivity index (χ4n) is 3.65. The molecule has 4 rings (SSSR count). The fraction of sp³-hybridized carbons (Fsp3) is 0.250. The van der Waals surface area contributed by atoms with Gasteiger partial charge in [-0.3, -0.25) is 4.72 Å². The van der Waals surface area contributed by atoms with Crippen LogP contribution in [0.15, 0.2) is 48.5 Å². The highest BCUT2D eigenvalue weighted by Crippen LogP contribution is 2.37. The summed E-state index contributed by atoms with van der Waals surface area (Å²) in [6.07, 6.45) is 1.14. The fourth-order valence-corrected chi connectivity index (χ4v) is 5.21. The maximum Gasteiger partial charge on any atom is 0.229 e. The molecule has 178 valence electrons. The van der Waals surface area contributed by atoms with Crippen molar-refractivity contribution < 1.29 is 17.9 Å². The Kier molecular flexibility index (Phi) is 6.63. The van der Waals surface area contributed by atoms with Crippen LogP contribution in [0.1, 0.15) is 23.7 Å². The maximum atomic E-state index is 11.6. The molecule has 0 aliphatic rings. The molecule has 2 N–H and O–H groups in total. The van der Waals surface area contributed by atoms with E-state index in [0.717, 1.165) is 32.5 Å². The molecule has 0 saturated carbocycles. The summed E-state index contributed by atoms with van der Waals surface area (Å²) < 4.78 is 36.5. The van der Waals surface area contributed by atoms with Crippen molar-refractivity contribution in [3.05, 3.63) is 59.2 Å². The number of nitrogens with zero attached hydrogens (tertiary/aromatic N) is 2. The lowest BCUT2D eigenvalue weighted by Crippen LogP contribution is -2.09. The molecule has 2 heterocycles. The van der Waals surface area contributed by atoms with Gasteiger partial charge in [0, 0.05) is 26.9 Å². The first-order valence-corrected chi connectivity index (χ1v) is 13.2. The van der Waals surface area contributed by atoms with Gasteiger partial charge in [0.15, 0.2) is 11.5 Å². The molecule has 2 aromatic carbocycles. The third kappa shape index (κ3) is 5.23. The van der Waals surface area contributed by atoms with Crippen LogP contribution in [0.3, 0.4) is 0 Å².